The van der Waals surface area contributed by atoms with Crippen LogP contribution in [0.5, 0.6) is 0 Å². The van der Waals surface area contributed by atoms with E-state index in [2.05, 4.69) is 48.9 Å². The van der Waals surface area contributed by atoms with Crippen molar-refractivity contribution in [2.75, 3.05) is 0 Å². The highest BCUT2D eigenvalue weighted by Gasteiger charge is 2.09. The third-order valence-electron chi connectivity index (χ3n) is 3.18. The number of H-pyrrole nitrogens is 1. The van der Waals surface area contributed by atoms with Crippen LogP contribution in [-0.2, 0) is 6.42 Å². The molecule has 2 rings (SSSR count). The van der Waals surface area contributed by atoms with E-state index in [0.29, 0.717) is 4.64 Å². The molecular formula is C14H16N2S. The molecule has 2 nitrogen and oxygen atoms in total. The molecule has 0 amide bonds. The molecule has 0 aliphatic carbocycles. The highest BCUT2D eigenvalue weighted by Crippen LogP contribution is 2.26. The predicted octanol–water partition coefficient (Wildman–Crippen LogP) is 3.99. The van der Waals surface area contributed by atoms with Crippen molar-refractivity contribution in [3.8, 4) is 11.3 Å². The molecule has 0 saturated heterocycles. The molecule has 1 aromatic heterocycles. The average Bonchev–Trinajstić information content (AvgIpc) is 2.32. The number of rotatable bonds is 2. The maximum Gasteiger partial charge on any atom is 0.133 e. The number of aromatic nitrogens is 2. The Labute approximate surface area is 107 Å². The number of hydrogen-bond acceptors (Lipinski definition) is 2. The van der Waals surface area contributed by atoms with Crippen molar-refractivity contribution in [3.63, 3.8) is 0 Å². The van der Waals surface area contributed by atoms with Crippen LogP contribution in [0.4, 0.5) is 0 Å². The summed E-state index contributed by atoms with van der Waals surface area (Å²) in [7, 11) is 0. The lowest BCUT2D eigenvalue weighted by Crippen LogP contribution is -1.97. The minimum absolute atomic E-state index is 0.696. The molecule has 17 heavy (non-hydrogen) atoms. The zero-order valence-corrected chi connectivity index (χ0v) is 11.2. The van der Waals surface area contributed by atoms with Crippen LogP contribution in [0.25, 0.3) is 11.3 Å². The molecule has 0 atom stereocenters. The van der Waals surface area contributed by atoms with Crippen LogP contribution < -0.4 is 0 Å². The van der Waals surface area contributed by atoms with Gasteiger partial charge in [0.15, 0.2) is 0 Å². The third-order valence-corrected chi connectivity index (χ3v) is 3.53. The van der Waals surface area contributed by atoms with Crippen LogP contribution in [0.2, 0.25) is 0 Å². The smallest absolute Gasteiger partial charge is 0.133 e. The normalized spacial score (nSPS) is 10.5. The van der Waals surface area contributed by atoms with Gasteiger partial charge in [-0.3, -0.25) is 0 Å². The first-order valence-electron chi connectivity index (χ1n) is 5.78. The third kappa shape index (κ3) is 2.15. The van der Waals surface area contributed by atoms with Crippen LogP contribution in [-0.4, -0.2) is 9.97 Å². The summed E-state index contributed by atoms with van der Waals surface area (Å²) in [5, 5.41) is 0. The second-order valence-corrected chi connectivity index (χ2v) is 4.55. The fraction of sp³-hybridized carbons (Fsp3) is 0.286. The lowest BCUT2D eigenvalue weighted by atomic mass is 9.98. The summed E-state index contributed by atoms with van der Waals surface area (Å²) >= 11 is 5.28. The lowest BCUT2D eigenvalue weighted by molar-refractivity contribution is 1.03. The summed E-state index contributed by atoms with van der Waals surface area (Å²) in [6.07, 6.45) is 2.57. The molecule has 0 aliphatic rings. The SMILES string of the molecule is CCc1c(-c2cccc(C)c2C)[nH]cnc1=S. The Morgan fingerprint density at radius 1 is 1.29 bits per heavy atom. The fourth-order valence-corrected chi connectivity index (χ4v) is 2.32. The van der Waals surface area contributed by atoms with E-state index in [-0.39, 0.29) is 0 Å². The minimum atomic E-state index is 0.696. The average molecular weight is 244 g/mol. The Morgan fingerprint density at radius 2 is 2.06 bits per heavy atom. The van der Waals surface area contributed by atoms with Gasteiger partial charge in [0.25, 0.3) is 0 Å². The molecule has 88 valence electrons. The van der Waals surface area contributed by atoms with Crippen molar-refractivity contribution in [1.82, 2.24) is 9.97 Å². The highest BCUT2D eigenvalue weighted by atomic mass is 32.1. The number of aryl methyl sites for hydroxylation is 1. The molecule has 0 spiro atoms. The standard InChI is InChI=1S/C14H16N2S/c1-4-11-13(15-8-16-14(11)17)12-7-5-6-9(2)10(12)3/h5-8H,4H2,1-3H3,(H,15,16,17). The second kappa shape index (κ2) is 4.80. The van der Waals surface area contributed by atoms with E-state index in [1.165, 1.54) is 16.7 Å². The maximum absolute atomic E-state index is 5.28. The van der Waals surface area contributed by atoms with Gasteiger partial charge >= 0.3 is 0 Å². The summed E-state index contributed by atoms with van der Waals surface area (Å²) in [5.41, 5.74) is 6.03. The number of aromatic amines is 1. The molecule has 2 aromatic rings. The van der Waals surface area contributed by atoms with Crippen LogP contribution in [0, 0.1) is 18.5 Å². The number of nitrogens with zero attached hydrogens (tertiary/aromatic N) is 1. The second-order valence-electron chi connectivity index (χ2n) is 4.16. The van der Waals surface area contributed by atoms with Gasteiger partial charge in [0.05, 0.1) is 12.0 Å². The van der Waals surface area contributed by atoms with Gasteiger partial charge in [0.1, 0.15) is 4.64 Å². The van der Waals surface area contributed by atoms with Gasteiger partial charge in [0, 0.05) is 11.1 Å². The van der Waals surface area contributed by atoms with Crippen LogP contribution in [0.3, 0.4) is 0 Å². The fourth-order valence-electron chi connectivity index (χ4n) is 2.02. The van der Waals surface area contributed by atoms with E-state index < -0.39 is 0 Å². The Kier molecular flexibility index (Phi) is 3.38. The zero-order valence-electron chi connectivity index (χ0n) is 10.4. The molecule has 0 radical (unpaired) electrons. The monoisotopic (exact) mass is 244 g/mol. The topological polar surface area (TPSA) is 28.7 Å². The molecule has 3 heteroatoms. The number of nitrogens with one attached hydrogen (secondary N) is 1. The van der Waals surface area contributed by atoms with Crippen molar-refractivity contribution in [1.29, 1.82) is 0 Å². The summed E-state index contributed by atoms with van der Waals surface area (Å²) in [4.78, 5) is 7.38. The molecular weight excluding hydrogens is 228 g/mol. The largest absolute Gasteiger partial charge is 0.346 e. The molecule has 0 bridgehead atoms. The van der Waals surface area contributed by atoms with Gasteiger partial charge in [0.2, 0.25) is 0 Å². The first-order chi connectivity index (χ1) is 8.15. The van der Waals surface area contributed by atoms with E-state index in [0.717, 1.165) is 17.7 Å². The molecule has 0 saturated carbocycles. The number of benzene rings is 1. The molecule has 0 fully saturated rings. The first-order valence-corrected chi connectivity index (χ1v) is 6.19. The van der Waals surface area contributed by atoms with Crippen molar-refractivity contribution in [3.05, 3.63) is 45.9 Å². The van der Waals surface area contributed by atoms with Crippen LogP contribution in [0.1, 0.15) is 23.6 Å². The Morgan fingerprint density at radius 3 is 2.76 bits per heavy atom. The predicted molar refractivity (Wildman–Crippen MR) is 73.7 cm³/mol. The molecule has 1 N–H and O–H groups in total. The molecule has 0 aliphatic heterocycles. The van der Waals surface area contributed by atoms with Crippen molar-refractivity contribution >= 4 is 12.2 Å². The van der Waals surface area contributed by atoms with Crippen molar-refractivity contribution < 1.29 is 0 Å². The van der Waals surface area contributed by atoms with Gasteiger partial charge in [-0.05, 0) is 31.4 Å². The summed E-state index contributed by atoms with van der Waals surface area (Å²) < 4.78 is 0.696. The summed E-state index contributed by atoms with van der Waals surface area (Å²) in [6, 6.07) is 6.33. The van der Waals surface area contributed by atoms with Gasteiger partial charge in [-0.2, -0.15) is 0 Å². The minimum Gasteiger partial charge on any atom is -0.346 e. The lowest BCUT2D eigenvalue weighted by Gasteiger charge is -2.12. The van der Waals surface area contributed by atoms with Gasteiger partial charge < -0.3 is 4.98 Å². The van der Waals surface area contributed by atoms with Gasteiger partial charge in [-0.1, -0.05) is 37.3 Å². The Balaban J connectivity index is 2.73. The van der Waals surface area contributed by atoms with E-state index in [1.807, 2.05) is 0 Å². The first kappa shape index (κ1) is 12.0. The maximum atomic E-state index is 5.28. The van der Waals surface area contributed by atoms with Crippen molar-refractivity contribution in [2.24, 2.45) is 0 Å². The van der Waals surface area contributed by atoms with Crippen molar-refractivity contribution in [2.45, 2.75) is 27.2 Å². The Bertz CT molecular complexity index is 599. The van der Waals surface area contributed by atoms with Crippen LogP contribution >= 0.6 is 12.2 Å². The molecule has 0 unspecified atom stereocenters. The van der Waals surface area contributed by atoms with Crippen LogP contribution in [0.15, 0.2) is 24.5 Å². The van der Waals surface area contributed by atoms with E-state index in [9.17, 15) is 0 Å². The summed E-state index contributed by atoms with van der Waals surface area (Å²) in [5.74, 6) is 0. The summed E-state index contributed by atoms with van der Waals surface area (Å²) in [6.45, 7) is 6.37. The van der Waals surface area contributed by atoms with Gasteiger partial charge in [-0.25, -0.2) is 4.98 Å². The molecule has 1 heterocycles. The van der Waals surface area contributed by atoms with E-state index >= 15 is 0 Å². The highest BCUT2D eigenvalue weighted by molar-refractivity contribution is 7.71. The Hall–Kier alpha value is -1.48. The van der Waals surface area contributed by atoms with Gasteiger partial charge in [-0.15, -0.1) is 0 Å². The van der Waals surface area contributed by atoms with E-state index in [1.54, 1.807) is 6.33 Å². The van der Waals surface area contributed by atoms with E-state index in [4.69, 9.17) is 12.2 Å². The zero-order chi connectivity index (χ0) is 12.4. The quantitative estimate of drug-likeness (QED) is 0.809. The number of hydrogen-bond donors (Lipinski definition) is 1. The molecule has 1 aromatic carbocycles.